The molecule has 0 aromatic carbocycles. The molecular weight excluding hydrogens is 292 g/mol. The summed E-state index contributed by atoms with van der Waals surface area (Å²) in [4.78, 5) is 30.6. The molecule has 7 nitrogen and oxygen atoms in total. The molecule has 21 heavy (non-hydrogen) atoms. The van der Waals surface area contributed by atoms with Gasteiger partial charge in [0.1, 0.15) is 5.01 Å². The van der Waals surface area contributed by atoms with E-state index < -0.39 is 5.97 Å². The number of aromatic nitrogens is 1. The van der Waals surface area contributed by atoms with Gasteiger partial charge in [0.05, 0.1) is 6.54 Å². The summed E-state index contributed by atoms with van der Waals surface area (Å²) >= 11 is 1.23. The Balaban J connectivity index is 1.79. The average molecular weight is 312 g/mol. The van der Waals surface area contributed by atoms with Gasteiger partial charge in [-0.3, -0.25) is 0 Å². The number of carbonyl (C=O) groups excluding carboxylic acids is 1. The van der Waals surface area contributed by atoms with Gasteiger partial charge in [-0.25, -0.2) is 14.6 Å². The number of urea groups is 1. The van der Waals surface area contributed by atoms with Crippen LogP contribution in [0.3, 0.4) is 0 Å². The van der Waals surface area contributed by atoms with Crippen molar-refractivity contribution < 1.29 is 14.7 Å². The second kappa shape index (κ2) is 6.86. The summed E-state index contributed by atoms with van der Waals surface area (Å²) in [6.07, 6.45) is 2.29. The number of hydrogen-bond donors (Lipinski definition) is 2. The van der Waals surface area contributed by atoms with Gasteiger partial charge in [-0.1, -0.05) is 0 Å². The zero-order valence-electron chi connectivity index (χ0n) is 12.2. The molecular formula is C13H20N4O3S. The van der Waals surface area contributed by atoms with E-state index in [9.17, 15) is 9.59 Å². The molecule has 1 fully saturated rings. The molecule has 1 aromatic rings. The van der Waals surface area contributed by atoms with E-state index >= 15 is 0 Å². The first-order valence-corrected chi connectivity index (χ1v) is 7.72. The minimum Gasteiger partial charge on any atom is -0.476 e. The van der Waals surface area contributed by atoms with Crippen molar-refractivity contribution in [3.05, 3.63) is 16.1 Å². The molecule has 2 rings (SSSR count). The number of aromatic carboxylic acids is 1. The van der Waals surface area contributed by atoms with Gasteiger partial charge in [-0.15, -0.1) is 11.3 Å². The molecule has 2 amide bonds. The highest BCUT2D eigenvalue weighted by atomic mass is 32.1. The number of thiazole rings is 1. The van der Waals surface area contributed by atoms with E-state index in [2.05, 4.69) is 22.2 Å². The zero-order valence-corrected chi connectivity index (χ0v) is 13.0. The number of carboxylic acid groups (broad SMARTS) is 1. The number of carboxylic acids is 1. The fraction of sp³-hybridized carbons (Fsp3) is 0.615. The molecule has 2 heterocycles. The van der Waals surface area contributed by atoms with Gasteiger partial charge in [-0.05, 0) is 26.4 Å². The number of amides is 2. The van der Waals surface area contributed by atoms with Crippen molar-refractivity contribution in [2.24, 2.45) is 0 Å². The molecule has 1 saturated heterocycles. The maximum absolute atomic E-state index is 12.0. The van der Waals surface area contributed by atoms with Crippen molar-refractivity contribution in [1.82, 2.24) is 20.1 Å². The first-order valence-electron chi connectivity index (χ1n) is 6.84. The molecule has 0 bridgehead atoms. The third-order valence-electron chi connectivity index (χ3n) is 3.66. The van der Waals surface area contributed by atoms with E-state index in [1.54, 1.807) is 11.9 Å². The minimum absolute atomic E-state index is 0.0187. The summed E-state index contributed by atoms with van der Waals surface area (Å²) in [5, 5.41) is 13.6. The highest BCUT2D eigenvalue weighted by Crippen LogP contribution is 2.15. The summed E-state index contributed by atoms with van der Waals surface area (Å²) in [6, 6.07) is 0.251. The predicted octanol–water partition coefficient (Wildman–Crippen LogP) is 1.08. The highest BCUT2D eigenvalue weighted by molar-refractivity contribution is 7.09. The number of likely N-dealkylation sites (tertiary alicyclic amines) is 1. The van der Waals surface area contributed by atoms with Gasteiger partial charge < -0.3 is 20.2 Å². The van der Waals surface area contributed by atoms with Gasteiger partial charge in [-0.2, -0.15) is 0 Å². The van der Waals surface area contributed by atoms with Crippen molar-refractivity contribution in [2.45, 2.75) is 25.4 Å². The molecule has 1 unspecified atom stereocenters. The minimum atomic E-state index is -1.05. The molecule has 8 heteroatoms. The van der Waals surface area contributed by atoms with E-state index in [1.165, 1.54) is 23.1 Å². The lowest BCUT2D eigenvalue weighted by atomic mass is 10.2. The highest BCUT2D eigenvalue weighted by Gasteiger charge is 2.23. The second-order valence-corrected chi connectivity index (χ2v) is 6.19. The number of hydrogen-bond acceptors (Lipinski definition) is 5. The zero-order chi connectivity index (χ0) is 15.4. The molecule has 1 aliphatic rings. The smallest absolute Gasteiger partial charge is 0.355 e. The quantitative estimate of drug-likeness (QED) is 0.849. The number of nitrogens with zero attached hydrogens (tertiary/aromatic N) is 3. The van der Waals surface area contributed by atoms with Crippen LogP contribution >= 0.6 is 11.3 Å². The topological polar surface area (TPSA) is 85.8 Å². The first kappa shape index (κ1) is 15.7. The molecule has 0 aliphatic carbocycles. The van der Waals surface area contributed by atoms with Crippen LogP contribution in [0.25, 0.3) is 0 Å². The van der Waals surface area contributed by atoms with Crippen LogP contribution in [0.1, 0.15) is 28.3 Å². The lowest BCUT2D eigenvalue weighted by Crippen LogP contribution is -2.43. The van der Waals surface area contributed by atoms with Crippen LogP contribution < -0.4 is 5.32 Å². The Hall–Kier alpha value is -1.67. The van der Waals surface area contributed by atoms with Crippen molar-refractivity contribution in [3.63, 3.8) is 0 Å². The number of likely N-dealkylation sites (N-methyl/N-ethyl adjacent to an activating group) is 2. The van der Waals surface area contributed by atoms with Crippen LogP contribution in [0.5, 0.6) is 0 Å². The second-order valence-electron chi connectivity index (χ2n) is 5.25. The normalized spacial score (nSPS) is 18.7. The van der Waals surface area contributed by atoms with Gasteiger partial charge >= 0.3 is 12.0 Å². The lowest BCUT2D eigenvalue weighted by molar-refractivity contribution is 0.0691. The molecule has 0 radical (unpaired) electrons. The Morgan fingerprint density at radius 1 is 1.62 bits per heavy atom. The molecule has 1 aliphatic heterocycles. The fourth-order valence-corrected chi connectivity index (χ4v) is 3.09. The van der Waals surface area contributed by atoms with Gasteiger partial charge in [0.2, 0.25) is 0 Å². The Morgan fingerprint density at radius 2 is 2.38 bits per heavy atom. The molecule has 2 N–H and O–H groups in total. The van der Waals surface area contributed by atoms with Crippen LogP contribution in [0.15, 0.2) is 5.38 Å². The fourth-order valence-electron chi connectivity index (χ4n) is 2.39. The Morgan fingerprint density at radius 3 is 2.95 bits per heavy atom. The largest absolute Gasteiger partial charge is 0.476 e. The molecule has 1 atom stereocenters. The van der Waals surface area contributed by atoms with Crippen molar-refractivity contribution in [3.8, 4) is 0 Å². The van der Waals surface area contributed by atoms with E-state index in [-0.39, 0.29) is 18.3 Å². The Kier molecular flexibility index (Phi) is 5.13. The maximum Gasteiger partial charge on any atom is 0.355 e. The van der Waals surface area contributed by atoms with E-state index in [1.807, 2.05) is 0 Å². The molecule has 116 valence electrons. The van der Waals surface area contributed by atoms with E-state index in [4.69, 9.17) is 5.11 Å². The summed E-state index contributed by atoms with van der Waals surface area (Å²) in [6.45, 7) is 2.03. The summed E-state index contributed by atoms with van der Waals surface area (Å²) < 4.78 is 0. The molecule has 0 spiro atoms. The van der Waals surface area contributed by atoms with Crippen LogP contribution in [-0.2, 0) is 6.54 Å². The number of carbonyl (C=O) groups is 2. The standard InChI is InChI=1S/C13H20N4O3S/c1-16-5-3-4-9(16)7-17(2)13(20)14-6-11-15-10(8-21-11)12(18)19/h8-9H,3-7H2,1-2H3,(H,14,20)(H,18,19). The summed E-state index contributed by atoms with van der Waals surface area (Å²) in [5.41, 5.74) is 0.0187. The van der Waals surface area contributed by atoms with Gasteiger partial charge in [0.15, 0.2) is 5.69 Å². The summed E-state index contributed by atoms with van der Waals surface area (Å²) in [5.74, 6) is -1.05. The molecule has 1 aromatic heterocycles. The SMILES string of the molecule is CN(CC1CCCN1C)C(=O)NCc1nc(C(=O)O)cs1. The maximum atomic E-state index is 12.0. The third-order valence-corrected chi connectivity index (χ3v) is 4.51. The molecule has 0 saturated carbocycles. The Labute approximate surface area is 127 Å². The monoisotopic (exact) mass is 312 g/mol. The van der Waals surface area contributed by atoms with E-state index in [0.717, 1.165) is 13.0 Å². The van der Waals surface area contributed by atoms with Gasteiger partial charge in [0.25, 0.3) is 0 Å². The van der Waals surface area contributed by atoms with Crippen LogP contribution in [0, 0.1) is 0 Å². The van der Waals surface area contributed by atoms with Crippen LogP contribution in [0.4, 0.5) is 4.79 Å². The number of rotatable bonds is 5. The average Bonchev–Trinajstić information content (AvgIpc) is 3.06. The summed E-state index contributed by atoms with van der Waals surface area (Å²) in [7, 11) is 3.85. The van der Waals surface area contributed by atoms with Crippen LogP contribution in [-0.4, -0.2) is 65.1 Å². The van der Waals surface area contributed by atoms with Crippen LogP contribution in [0.2, 0.25) is 0 Å². The van der Waals surface area contributed by atoms with Crippen molar-refractivity contribution >= 4 is 23.3 Å². The number of nitrogens with one attached hydrogen (secondary N) is 1. The third kappa shape index (κ3) is 4.15. The van der Waals surface area contributed by atoms with Crippen molar-refractivity contribution in [2.75, 3.05) is 27.2 Å². The lowest BCUT2D eigenvalue weighted by Gasteiger charge is -2.25. The Bertz CT molecular complexity index is 519. The van der Waals surface area contributed by atoms with Crippen molar-refractivity contribution in [1.29, 1.82) is 0 Å². The first-order chi connectivity index (χ1) is 9.97. The van der Waals surface area contributed by atoms with Gasteiger partial charge in [0, 0.05) is 25.0 Å². The van der Waals surface area contributed by atoms with E-state index in [0.29, 0.717) is 17.6 Å². The predicted molar refractivity (Wildman–Crippen MR) is 79.6 cm³/mol.